The van der Waals surface area contributed by atoms with Gasteiger partial charge >= 0.3 is 0 Å². The SMILES string of the molecule is COc1cccc(OC(C)C)c1C1(CN)CC1. The topological polar surface area (TPSA) is 44.5 Å². The van der Waals surface area contributed by atoms with Crippen molar-refractivity contribution in [2.24, 2.45) is 5.73 Å². The molecule has 0 atom stereocenters. The van der Waals surface area contributed by atoms with Gasteiger partial charge in [0.15, 0.2) is 0 Å². The fourth-order valence-electron chi connectivity index (χ4n) is 2.26. The van der Waals surface area contributed by atoms with Crippen molar-refractivity contribution in [2.45, 2.75) is 38.2 Å². The van der Waals surface area contributed by atoms with Crippen molar-refractivity contribution in [3.8, 4) is 11.5 Å². The molecular weight excluding hydrogens is 214 g/mol. The first-order chi connectivity index (χ1) is 8.13. The summed E-state index contributed by atoms with van der Waals surface area (Å²) in [6.45, 7) is 4.72. The van der Waals surface area contributed by atoms with Crippen molar-refractivity contribution in [1.29, 1.82) is 0 Å². The molecule has 1 fully saturated rings. The van der Waals surface area contributed by atoms with Gasteiger partial charge in [0.2, 0.25) is 0 Å². The van der Waals surface area contributed by atoms with Crippen LogP contribution in [0.2, 0.25) is 0 Å². The van der Waals surface area contributed by atoms with Crippen molar-refractivity contribution in [2.75, 3.05) is 13.7 Å². The van der Waals surface area contributed by atoms with Gasteiger partial charge in [-0.1, -0.05) is 6.07 Å². The molecule has 94 valence electrons. The monoisotopic (exact) mass is 235 g/mol. The molecule has 0 unspecified atom stereocenters. The van der Waals surface area contributed by atoms with Crippen LogP contribution in [0.4, 0.5) is 0 Å². The summed E-state index contributed by atoms with van der Waals surface area (Å²) in [6, 6.07) is 5.96. The lowest BCUT2D eigenvalue weighted by atomic mass is 9.94. The zero-order chi connectivity index (χ0) is 12.5. The van der Waals surface area contributed by atoms with Crippen LogP contribution in [0.15, 0.2) is 18.2 Å². The van der Waals surface area contributed by atoms with Crippen LogP contribution in [0.5, 0.6) is 11.5 Å². The summed E-state index contributed by atoms with van der Waals surface area (Å²) in [6.07, 6.45) is 2.41. The summed E-state index contributed by atoms with van der Waals surface area (Å²) >= 11 is 0. The van der Waals surface area contributed by atoms with Gasteiger partial charge in [0, 0.05) is 17.5 Å². The van der Waals surface area contributed by atoms with Gasteiger partial charge in [-0.25, -0.2) is 0 Å². The molecule has 3 nitrogen and oxygen atoms in total. The van der Waals surface area contributed by atoms with Crippen molar-refractivity contribution in [3.05, 3.63) is 23.8 Å². The van der Waals surface area contributed by atoms with Crippen LogP contribution in [-0.4, -0.2) is 19.8 Å². The van der Waals surface area contributed by atoms with E-state index in [-0.39, 0.29) is 11.5 Å². The molecule has 1 aliphatic carbocycles. The van der Waals surface area contributed by atoms with Crippen LogP contribution in [0.3, 0.4) is 0 Å². The number of hydrogen-bond acceptors (Lipinski definition) is 3. The maximum Gasteiger partial charge on any atom is 0.127 e. The number of benzene rings is 1. The highest BCUT2D eigenvalue weighted by molar-refractivity contribution is 5.52. The summed E-state index contributed by atoms with van der Waals surface area (Å²) in [5.74, 6) is 1.81. The third kappa shape index (κ3) is 2.25. The Bertz CT molecular complexity index is 397. The van der Waals surface area contributed by atoms with Gasteiger partial charge in [-0.2, -0.15) is 0 Å². The Morgan fingerprint density at radius 2 is 1.94 bits per heavy atom. The summed E-state index contributed by atoms with van der Waals surface area (Å²) in [4.78, 5) is 0. The van der Waals surface area contributed by atoms with E-state index >= 15 is 0 Å². The van der Waals surface area contributed by atoms with E-state index in [2.05, 4.69) is 0 Å². The maximum atomic E-state index is 5.91. The Hall–Kier alpha value is -1.22. The van der Waals surface area contributed by atoms with Crippen LogP contribution < -0.4 is 15.2 Å². The molecule has 0 aromatic heterocycles. The minimum absolute atomic E-state index is 0.0802. The van der Waals surface area contributed by atoms with Crippen molar-refractivity contribution < 1.29 is 9.47 Å². The number of rotatable bonds is 5. The molecule has 2 rings (SSSR count). The molecule has 1 saturated carbocycles. The van der Waals surface area contributed by atoms with E-state index in [1.165, 1.54) is 0 Å². The minimum atomic E-state index is 0.0802. The second kappa shape index (κ2) is 4.57. The van der Waals surface area contributed by atoms with E-state index in [9.17, 15) is 0 Å². The number of hydrogen-bond donors (Lipinski definition) is 1. The van der Waals surface area contributed by atoms with Gasteiger partial charge < -0.3 is 15.2 Å². The van der Waals surface area contributed by atoms with Gasteiger partial charge in [0.05, 0.1) is 13.2 Å². The molecule has 1 aromatic carbocycles. The van der Waals surface area contributed by atoms with E-state index in [1.807, 2.05) is 32.0 Å². The molecule has 0 aliphatic heterocycles. The summed E-state index contributed by atoms with van der Waals surface area (Å²) in [5.41, 5.74) is 7.14. The average Bonchev–Trinajstić information content (AvgIpc) is 3.08. The predicted octanol–water partition coefficient (Wildman–Crippen LogP) is 2.47. The third-order valence-electron chi connectivity index (χ3n) is 3.35. The van der Waals surface area contributed by atoms with Crippen LogP contribution in [0.25, 0.3) is 0 Å². The third-order valence-corrected chi connectivity index (χ3v) is 3.35. The molecule has 1 aromatic rings. The summed E-state index contributed by atoms with van der Waals surface area (Å²) in [5, 5.41) is 0. The Balaban J connectivity index is 2.44. The number of nitrogens with two attached hydrogens (primary N) is 1. The molecule has 0 amide bonds. The molecule has 0 heterocycles. The van der Waals surface area contributed by atoms with E-state index < -0.39 is 0 Å². The lowest BCUT2D eigenvalue weighted by molar-refractivity contribution is 0.236. The Labute approximate surface area is 103 Å². The highest BCUT2D eigenvalue weighted by atomic mass is 16.5. The van der Waals surface area contributed by atoms with Crippen molar-refractivity contribution in [1.82, 2.24) is 0 Å². The quantitative estimate of drug-likeness (QED) is 0.852. The molecule has 0 radical (unpaired) electrons. The van der Waals surface area contributed by atoms with E-state index in [0.29, 0.717) is 6.54 Å². The minimum Gasteiger partial charge on any atom is -0.496 e. The predicted molar refractivity (Wildman–Crippen MR) is 68.7 cm³/mol. The van der Waals surface area contributed by atoms with E-state index in [0.717, 1.165) is 29.9 Å². The lowest BCUT2D eigenvalue weighted by Gasteiger charge is -2.22. The smallest absolute Gasteiger partial charge is 0.127 e. The highest BCUT2D eigenvalue weighted by Crippen LogP contribution is 2.54. The molecule has 0 saturated heterocycles. The lowest BCUT2D eigenvalue weighted by Crippen LogP contribution is -2.22. The second-order valence-electron chi connectivity index (χ2n) is 4.98. The largest absolute Gasteiger partial charge is 0.496 e. The van der Waals surface area contributed by atoms with Gasteiger partial charge in [-0.3, -0.25) is 0 Å². The van der Waals surface area contributed by atoms with Gasteiger partial charge in [-0.05, 0) is 38.8 Å². The molecule has 0 bridgehead atoms. The molecule has 17 heavy (non-hydrogen) atoms. The van der Waals surface area contributed by atoms with Crippen LogP contribution in [-0.2, 0) is 5.41 Å². The van der Waals surface area contributed by atoms with Crippen LogP contribution in [0, 0.1) is 0 Å². The maximum absolute atomic E-state index is 5.91. The summed E-state index contributed by atoms with van der Waals surface area (Å²) < 4.78 is 11.3. The Morgan fingerprint density at radius 1 is 1.29 bits per heavy atom. The molecular formula is C14H21NO2. The van der Waals surface area contributed by atoms with Crippen molar-refractivity contribution >= 4 is 0 Å². The first-order valence-corrected chi connectivity index (χ1v) is 6.17. The molecule has 1 aliphatic rings. The highest BCUT2D eigenvalue weighted by Gasteiger charge is 2.47. The van der Waals surface area contributed by atoms with E-state index in [1.54, 1.807) is 7.11 Å². The van der Waals surface area contributed by atoms with E-state index in [4.69, 9.17) is 15.2 Å². The number of methoxy groups -OCH3 is 1. The molecule has 2 N–H and O–H groups in total. The fourth-order valence-corrected chi connectivity index (χ4v) is 2.26. The molecule has 0 spiro atoms. The molecule has 3 heteroatoms. The normalized spacial score (nSPS) is 17.0. The zero-order valence-electron chi connectivity index (χ0n) is 10.8. The zero-order valence-corrected chi connectivity index (χ0v) is 10.8. The van der Waals surface area contributed by atoms with Crippen LogP contribution in [0.1, 0.15) is 32.3 Å². The fraction of sp³-hybridized carbons (Fsp3) is 0.571. The van der Waals surface area contributed by atoms with Crippen LogP contribution >= 0.6 is 0 Å². The van der Waals surface area contributed by atoms with Crippen molar-refractivity contribution in [3.63, 3.8) is 0 Å². The van der Waals surface area contributed by atoms with Gasteiger partial charge in [0.1, 0.15) is 11.5 Å². The number of ether oxygens (including phenoxy) is 2. The standard InChI is InChI=1S/C14H21NO2/c1-10(2)17-12-6-4-5-11(16-3)13(12)14(9-15)7-8-14/h4-6,10H,7-9,15H2,1-3H3. The first kappa shape index (κ1) is 12.2. The first-order valence-electron chi connectivity index (χ1n) is 6.17. The van der Waals surface area contributed by atoms with Gasteiger partial charge in [-0.15, -0.1) is 0 Å². The van der Waals surface area contributed by atoms with Gasteiger partial charge in [0.25, 0.3) is 0 Å². The Morgan fingerprint density at radius 3 is 2.41 bits per heavy atom. The average molecular weight is 235 g/mol. The summed E-state index contributed by atoms with van der Waals surface area (Å²) in [7, 11) is 1.70. The Kier molecular flexibility index (Phi) is 3.29. The second-order valence-corrected chi connectivity index (χ2v) is 4.98.